The molecule has 2 atom stereocenters. The standard InChI is InChI=1S/C50H46N4O/c1-32(2)38-28-39(30-41(29-38)55-40-23-24-43-42-21-12-13-22-44(42)53(45(43)31-40)46-27-33(3)25-26-51-46)54-50(37-19-10-7-11-20-37)48(47-34(4)15-14-16-35(47)5)49(52-54)36-17-8-6-9-18-36/h6-13,15,17-32,35,47H,14,16H2,1-5H3/t35-,47?/m0/s1. The van der Waals surface area contributed by atoms with E-state index in [1.54, 1.807) is 0 Å². The first-order valence-corrected chi connectivity index (χ1v) is 19.5. The highest BCUT2D eigenvalue weighted by Crippen LogP contribution is 2.48. The van der Waals surface area contributed by atoms with Gasteiger partial charge in [0, 0.05) is 51.7 Å². The zero-order chi connectivity index (χ0) is 37.6. The normalized spacial score (nSPS) is 15.9. The Labute approximate surface area is 323 Å². The van der Waals surface area contributed by atoms with Crippen LogP contribution in [0.15, 0.2) is 151 Å². The second kappa shape index (κ2) is 14.2. The van der Waals surface area contributed by atoms with Gasteiger partial charge in [-0.1, -0.05) is 111 Å². The molecule has 0 saturated carbocycles. The van der Waals surface area contributed by atoms with E-state index in [0.29, 0.717) is 5.92 Å². The fraction of sp³-hybridized carbons (Fsp3) is 0.200. The minimum Gasteiger partial charge on any atom is -0.457 e. The van der Waals surface area contributed by atoms with Crippen molar-refractivity contribution in [2.24, 2.45) is 5.92 Å². The Hall–Kier alpha value is -6.20. The number of allylic oxidation sites excluding steroid dienone is 2. The second-order valence-electron chi connectivity index (χ2n) is 15.5. The summed E-state index contributed by atoms with van der Waals surface area (Å²) in [6.45, 7) is 11.3. The van der Waals surface area contributed by atoms with Gasteiger partial charge in [0.05, 0.1) is 28.1 Å². The van der Waals surface area contributed by atoms with Crippen LogP contribution in [0.1, 0.15) is 69.1 Å². The molecule has 3 aromatic heterocycles. The van der Waals surface area contributed by atoms with Crippen molar-refractivity contribution < 1.29 is 4.74 Å². The number of rotatable bonds is 8. The first-order valence-electron chi connectivity index (χ1n) is 19.5. The molecule has 0 spiro atoms. The summed E-state index contributed by atoms with van der Waals surface area (Å²) in [5.41, 5.74) is 12.7. The van der Waals surface area contributed by atoms with Crippen molar-refractivity contribution in [3.8, 4) is 45.5 Å². The summed E-state index contributed by atoms with van der Waals surface area (Å²) in [5.74, 6) is 3.43. The maximum absolute atomic E-state index is 6.88. The summed E-state index contributed by atoms with van der Waals surface area (Å²) in [7, 11) is 0. The van der Waals surface area contributed by atoms with Crippen LogP contribution in [0.3, 0.4) is 0 Å². The molecule has 0 saturated heterocycles. The molecule has 0 bridgehead atoms. The Bertz CT molecular complexity index is 2700. The summed E-state index contributed by atoms with van der Waals surface area (Å²) in [6.07, 6.45) is 6.58. The van der Waals surface area contributed by atoms with Crippen LogP contribution in [0.2, 0.25) is 0 Å². The molecule has 0 aliphatic heterocycles. The van der Waals surface area contributed by atoms with E-state index in [2.05, 4.69) is 177 Å². The molecule has 5 nitrogen and oxygen atoms in total. The third kappa shape index (κ3) is 6.34. The van der Waals surface area contributed by atoms with Crippen LogP contribution in [0.5, 0.6) is 11.5 Å². The lowest BCUT2D eigenvalue weighted by Crippen LogP contribution is -2.16. The summed E-state index contributed by atoms with van der Waals surface area (Å²) < 4.78 is 11.3. The van der Waals surface area contributed by atoms with Gasteiger partial charge in [-0.05, 0) is 92.1 Å². The molecular weight excluding hydrogens is 673 g/mol. The topological polar surface area (TPSA) is 44.9 Å². The van der Waals surface area contributed by atoms with Gasteiger partial charge in [-0.25, -0.2) is 9.67 Å². The predicted molar refractivity (Wildman–Crippen MR) is 227 cm³/mol. The molecular formula is C50H46N4O. The molecule has 3 heterocycles. The number of ether oxygens (including phenoxy) is 1. The molecule has 0 amide bonds. The maximum atomic E-state index is 6.88. The summed E-state index contributed by atoms with van der Waals surface area (Å²) in [6, 6.07) is 47.2. The average molecular weight is 719 g/mol. The molecule has 5 aromatic carbocycles. The zero-order valence-electron chi connectivity index (χ0n) is 32.2. The van der Waals surface area contributed by atoms with E-state index in [-0.39, 0.29) is 11.8 Å². The molecule has 55 heavy (non-hydrogen) atoms. The Morgan fingerprint density at radius 3 is 2.18 bits per heavy atom. The number of nitrogens with zero attached hydrogens (tertiary/aromatic N) is 4. The first kappa shape index (κ1) is 34.6. The highest BCUT2D eigenvalue weighted by molar-refractivity contribution is 6.09. The number of pyridine rings is 1. The number of aryl methyl sites for hydroxylation is 1. The summed E-state index contributed by atoms with van der Waals surface area (Å²) in [5, 5.41) is 7.91. The van der Waals surface area contributed by atoms with E-state index >= 15 is 0 Å². The summed E-state index contributed by atoms with van der Waals surface area (Å²) in [4.78, 5) is 4.79. The van der Waals surface area contributed by atoms with E-state index in [9.17, 15) is 0 Å². The predicted octanol–water partition coefficient (Wildman–Crippen LogP) is 13.4. The molecule has 0 N–H and O–H groups in total. The van der Waals surface area contributed by atoms with E-state index in [1.807, 2.05) is 12.3 Å². The third-order valence-electron chi connectivity index (χ3n) is 11.3. The molecule has 1 aliphatic rings. The van der Waals surface area contributed by atoms with Crippen LogP contribution in [0.4, 0.5) is 0 Å². The third-order valence-corrected chi connectivity index (χ3v) is 11.3. The van der Waals surface area contributed by atoms with Gasteiger partial charge in [0.1, 0.15) is 17.3 Å². The molecule has 0 fully saturated rings. The van der Waals surface area contributed by atoms with Gasteiger partial charge in [-0.15, -0.1) is 0 Å². The SMILES string of the molecule is CC1=CCC[C@H](C)C1c1c(-c2ccccc2)nn(-c2cc(Oc3ccc4c5ccccc5n(-c5cc(C)ccn5)c4c3)cc(C(C)C)c2)c1-c1ccccc1. The lowest BCUT2D eigenvalue weighted by Gasteiger charge is -2.30. The lowest BCUT2D eigenvalue weighted by molar-refractivity contribution is 0.451. The van der Waals surface area contributed by atoms with Crippen molar-refractivity contribution in [2.45, 2.75) is 59.3 Å². The van der Waals surface area contributed by atoms with Gasteiger partial charge in [-0.2, -0.15) is 5.10 Å². The highest BCUT2D eigenvalue weighted by atomic mass is 16.5. The minimum absolute atomic E-state index is 0.248. The van der Waals surface area contributed by atoms with E-state index < -0.39 is 0 Å². The van der Waals surface area contributed by atoms with Gasteiger partial charge in [0.25, 0.3) is 0 Å². The molecule has 1 unspecified atom stereocenters. The number of benzene rings is 5. The Morgan fingerprint density at radius 2 is 1.44 bits per heavy atom. The second-order valence-corrected chi connectivity index (χ2v) is 15.5. The van der Waals surface area contributed by atoms with Crippen molar-refractivity contribution in [2.75, 3.05) is 0 Å². The van der Waals surface area contributed by atoms with Crippen molar-refractivity contribution in [3.05, 3.63) is 168 Å². The van der Waals surface area contributed by atoms with Gasteiger partial charge in [0.2, 0.25) is 0 Å². The van der Waals surface area contributed by atoms with Crippen molar-refractivity contribution in [1.29, 1.82) is 0 Å². The lowest BCUT2D eigenvalue weighted by atomic mass is 9.74. The van der Waals surface area contributed by atoms with Gasteiger partial charge in [-0.3, -0.25) is 4.57 Å². The molecule has 5 heteroatoms. The number of hydrogen-bond donors (Lipinski definition) is 0. The molecule has 0 radical (unpaired) electrons. The quantitative estimate of drug-likeness (QED) is 0.147. The number of para-hydroxylation sites is 1. The van der Waals surface area contributed by atoms with Crippen LogP contribution in [0.25, 0.3) is 55.8 Å². The van der Waals surface area contributed by atoms with Gasteiger partial charge >= 0.3 is 0 Å². The Morgan fingerprint density at radius 1 is 0.709 bits per heavy atom. The van der Waals surface area contributed by atoms with Crippen molar-refractivity contribution >= 4 is 21.8 Å². The zero-order valence-corrected chi connectivity index (χ0v) is 32.2. The van der Waals surface area contributed by atoms with Gasteiger partial charge < -0.3 is 4.74 Å². The van der Waals surface area contributed by atoms with Crippen LogP contribution < -0.4 is 4.74 Å². The van der Waals surface area contributed by atoms with Gasteiger partial charge in [0.15, 0.2) is 0 Å². The van der Waals surface area contributed by atoms with E-state index in [0.717, 1.165) is 80.3 Å². The fourth-order valence-electron chi connectivity index (χ4n) is 8.58. The van der Waals surface area contributed by atoms with Crippen LogP contribution in [-0.2, 0) is 0 Å². The van der Waals surface area contributed by atoms with E-state index in [4.69, 9.17) is 14.8 Å². The minimum atomic E-state index is 0.248. The van der Waals surface area contributed by atoms with Crippen LogP contribution in [0, 0.1) is 12.8 Å². The maximum Gasteiger partial charge on any atom is 0.137 e. The molecule has 9 rings (SSSR count). The first-order chi connectivity index (χ1) is 26.8. The van der Waals surface area contributed by atoms with Crippen molar-refractivity contribution in [1.82, 2.24) is 19.3 Å². The molecule has 1 aliphatic carbocycles. The van der Waals surface area contributed by atoms with Crippen LogP contribution in [-0.4, -0.2) is 19.3 Å². The Balaban J connectivity index is 1.23. The summed E-state index contributed by atoms with van der Waals surface area (Å²) >= 11 is 0. The Kier molecular flexibility index (Phi) is 8.94. The number of aromatic nitrogens is 4. The molecule has 272 valence electrons. The highest BCUT2D eigenvalue weighted by Gasteiger charge is 2.33. The molecule has 8 aromatic rings. The number of hydrogen-bond acceptors (Lipinski definition) is 3. The number of fused-ring (bicyclic) bond motifs is 3. The van der Waals surface area contributed by atoms with Crippen LogP contribution >= 0.6 is 0 Å². The fourth-order valence-corrected chi connectivity index (χ4v) is 8.58. The monoisotopic (exact) mass is 718 g/mol. The largest absolute Gasteiger partial charge is 0.457 e. The van der Waals surface area contributed by atoms with Crippen molar-refractivity contribution in [3.63, 3.8) is 0 Å². The van der Waals surface area contributed by atoms with E-state index in [1.165, 1.54) is 22.1 Å². The smallest absolute Gasteiger partial charge is 0.137 e. The average Bonchev–Trinajstić information content (AvgIpc) is 3.75.